The molecule has 0 N–H and O–H groups in total. The Labute approximate surface area is 203 Å². The number of thiophene rings is 1. The molecule has 2 aromatic heterocycles. The second-order valence-corrected chi connectivity index (χ2v) is 9.76. The number of hydrogen-bond acceptors (Lipinski definition) is 5. The van der Waals surface area contributed by atoms with Crippen LogP contribution in [-0.2, 0) is 9.59 Å². The van der Waals surface area contributed by atoms with E-state index in [2.05, 4.69) is 0 Å². The van der Waals surface area contributed by atoms with Gasteiger partial charge < -0.3 is 0 Å². The van der Waals surface area contributed by atoms with Gasteiger partial charge in [-0.1, -0.05) is 66.7 Å². The number of rotatable bonds is 4. The highest BCUT2D eigenvalue weighted by atomic mass is 32.1. The van der Waals surface area contributed by atoms with Crippen LogP contribution >= 0.6 is 22.7 Å². The summed E-state index contributed by atoms with van der Waals surface area (Å²) in [4.78, 5) is 33.4. The Morgan fingerprint density at radius 2 is 1.21 bits per heavy atom. The van der Waals surface area contributed by atoms with Crippen molar-refractivity contribution < 1.29 is 9.59 Å². The summed E-state index contributed by atoms with van der Waals surface area (Å²) in [5.41, 5.74) is 2.47. The summed E-state index contributed by atoms with van der Waals surface area (Å²) in [6.07, 6.45) is 1.69. The molecule has 1 saturated heterocycles. The van der Waals surface area contributed by atoms with Crippen LogP contribution in [0.3, 0.4) is 0 Å². The molecule has 7 heteroatoms. The van der Waals surface area contributed by atoms with Crippen molar-refractivity contribution >= 4 is 61.5 Å². The maximum Gasteiger partial charge on any atom is 0.283 e. The van der Waals surface area contributed by atoms with Gasteiger partial charge in [0.25, 0.3) is 11.8 Å². The van der Waals surface area contributed by atoms with Crippen molar-refractivity contribution in [2.45, 2.75) is 0 Å². The Morgan fingerprint density at radius 3 is 1.74 bits per heavy atom. The molecule has 5 nitrogen and oxygen atoms in total. The van der Waals surface area contributed by atoms with Crippen LogP contribution in [0.1, 0.15) is 4.88 Å². The number of anilines is 2. The molecule has 0 bridgehead atoms. The van der Waals surface area contributed by atoms with Crippen LogP contribution in [0.15, 0.2) is 103 Å². The first-order chi connectivity index (χ1) is 16.7. The molecule has 0 saturated carbocycles. The highest BCUT2D eigenvalue weighted by Gasteiger charge is 2.42. The van der Waals surface area contributed by atoms with Gasteiger partial charge >= 0.3 is 0 Å². The fourth-order valence-electron chi connectivity index (χ4n) is 3.90. The average molecular weight is 480 g/mol. The molecule has 0 radical (unpaired) electrons. The smallest absolute Gasteiger partial charge is 0.267 e. The maximum atomic E-state index is 13.5. The van der Waals surface area contributed by atoms with E-state index in [1.807, 2.05) is 97.1 Å². The van der Waals surface area contributed by atoms with E-state index >= 15 is 0 Å². The Hall–Kier alpha value is -4.07. The molecule has 5 aromatic rings. The van der Waals surface area contributed by atoms with Crippen LogP contribution in [0, 0.1) is 0 Å². The maximum absolute atomic E-state index is 13.5. The zero-order chi connectivity index (χ0) is 23.1. The van der Waals surface area contributed by atoms with Crippen LogP contribution < -0.4 is 10.0 Å². The average Bonchev–Trinajstić information content (AvgIpc) is 3.52. The summed E-state index contributed by atoms with van der Waals surface area (Å²) in [5, 5.41) is 3.83. The summed E-state index contributed by atoms with van der Waals surface area (Å²) >= 11 is 3.08. The topological polar surface area (TPSA) is 53.5 Å². The van der Waals surface area contributed by atoms with Crippen LogP contribution in [0.25, 0.3) is 26.2 Å². The van der Waals surface area contributed by atoms with Gasteiger partial charge in [0.1, 0.15) is 15.4 Å². The predicted octanol–water partition coefficient (Wildman–Crippen LogP) is 6.40. The molecule has 1 aliphatic heterocycles. The molecular weight excluding hydrogens is 462 g/mol. The van der Waals surface area contributed by atoms with Crippen molar-refractivity contribution in [3.63, 3.8) is 0 Å². The largest absolute Gasteiger partial charge is 0.283 e. The number of fused-ring (bicyclic) bond motifs is 1. The lowest BCUT2D eigenvalue weighted by Crippen LogP contribution is -2.41. The minimum atomic E-state index is -0.352. The number of para-hydroxylation sites is 2. The van der Waals surface area contributed by atoms with Gasteiger partial charge in [0.05, 0.1) is 16.1 Å². The quantitative estimate of drug-likeness (QED) is 0.221. The van der Waals surface area contributed by atoms with Gasteiger partial charge in [-0.15, -0.1) is 22.7 Å². The normalized spacial score (nSPS) is 13.8. The molecule has 2 amide bonds. The SMILES string of the molecule is O=C1C(=Cc2cc3sc(-c4ccccc4)nc3s2)C(=O)N(c2ccccc2)N1c1ccccc1. The standard InChI is InChI=1S/C27H17N3O2S2/c31-26-22(16-21-17-23-25(33-21)28-24(34-23)18-10-4-1-5-11-18)27(32)30(20-14-8-3-9-15-20)29(26)19-12-6-2-7-13-19/h1-17H. The molecule has 1 aliphatic rings. The summed E-state index contributed by atoms with van der Waals surface area (Å²) in [6.45, 7) is 0. The molecule has 164 valence electrons. The second-order valence-electron chi connectivity index (χ2n) is 7.67. The fraction of sp³-hybridized carbons (Fsp3) is 0. The van der Waals surface area contributed by atoms with E-state index in [0.29, 0.717) is 11.4 Å². The molecule has 0 atom stereocenters. The number of hydrazine groups is 1. The molecule has 1 fully saturated rings. The molecule has 0 spiro atoms. The van der Waals surface area contributed by atoms with Crippen molar-refractivity contribution in [1.82, 2.24) is 4.98 Å². The van der Waals surface area contributed by atoms with Gasteiger partial charge in [-0.2, -0.15) is 0 Å². The van der Waals surface area contributed by atoms with Crippen LogP contribution in [-0.4, -0.2) is 16.8 Å². The molecule has 0 unspecified atom stereocenters. The summed E-state index contributed by atoms with van der Waals surface area (Å²) in [6, 6.07) is 30.5. The van der Waals surface area contributed by atoms with Gasteiger partial charge in [-0.05, 0) is 36.4 Å². The van der Waals surface area contributed by atoms with E-state index in [4.69, 9.17) is 4.98 Å². The highest BCUT2D eigenvalue weighted by Crippen LogP contribution is 2.37. The number of carbonyl (C=O) groups excluding carboxylic acids is 2. The lowest BCUT2D eigenvalue weighted by molar-refractivity contribution is -0.116. The molecule has 3 aromatic carbocycles. The summed E-state index contributed by atoms with van der Waals surface area (Å²) in [7, 11) is 0. The van der Waals surface area contributed by atoms with Gasteiger partial charge in [0, 0.05) is 10.4 Å². The highest BCUT2D eigenvalue weighted by molar-refractivity contribution is 7.29. The number of hydrogen-bond donors (Lipinski definition) is 0. The first-order valence-corrected chi connectivity index (χ1v) is 12.3. The summed E-state index contributed by atoms with van der Waals surface area (Å²) < 4.78 is 1.04. The Kier molecular flexibility index (Phi) is 5.05. The molecule has 6 rings (SSSR count). The number of carbonyl (C=O) groups is 2. The Bertz CT molecular complexity index is 1450. The van der Waals surface area contributed by atoms with Crippen LogP contribution in [0.5, 0.6) is 0 Å². The van der Waals surface area contributed by atoms with E-state index in [0.717, 1.165) is 25.0 Å². The third-order valence-corrected chi connectivity index (χ3v) is 7.62. The Balaban J connectivity index is 1.40. The summed E-state index contributed by atoms with van der Waals surface area (Å²) in [5.74, 6) is -0.704. The third-order valence-electron chi connectivity index (χ3n) is 5.46. The van der Waals surface area contributed by atoms with Crippen molar-refractivity contribution in [3.8, 4) is 10.6 Å². The monoisotopic (exact) mass is 479 g/mol. The zero-order valence-electron chi connectivity index (χ0n) is 17.8. The number of aromatic nitrogens is 1. The van der Waals surface area contributed by atoms with Crippen molar-refractivity contribution in [2.24, 2.45) is 0 Å². The van der Waals surface area contributed by atoms with E-state index in [1.165, 1.54) is 21.4 Å². The molecule has 3 heterocycles. The van der Waals surface area contributed by atoms with Gasteiger partial charge in [0.15, 0.2) is 0 Å². The first kappa shape index (κ1) is 20.5. The van der Waals surface area contributed by atoms with E-state index in [-0.39, 0.29) is 17.4 Å². The van der Waals surface area contributed by atoms with Crippen molar-refractivity contribution in [3.05, 3.63) is 108 Å². The third kappa shape index (κ3) is 3.51. The number of thiazole rings is 1. The lowest BCUT2D eigenvalue weighted by atomic mass is 10.2. The zero-order valence-corrected chi connectivity index (χ0v) is 19.4. The van der Waals surface area contributed by atoms with E-state index < -0.39 is 0 Å². The Morgan fingerprint density at radius 1 is 0.676 bits per heavy atom. The molecular formula is C27H17N3O2S2. The van der Waals surface area contributed by atoms with Gasteiger partial charge in [-0.25, -0.2) is 15.0 Å². The van der Waals surface area contributed by atoms with Crippen LogP contribution in [0.2, 0.25) is 0 Å². The van der Waals surface area contributed by atoms with Crippen molar-refractivity contribution in [1.29, 1.82) is 0 Å². The fourth-order valence-corrected chi connectivity index (χ4v) is 6.07. The first-order valence-electron chi connectivity index (χ1n) is 10.7. The minimum absolute atomic E-state index is 0.130. The number of benzene rings is 3. The lowest BCUT2D eigenvalue weighted by Gasteiger charge is -2.27. The second kappa shape index (κ2) is 8.37. The predicted molar refractivity (Wildman–Crippen MR) is 139 cm³/mol. The van der Waals surface area contributed by atoms with Crippen molar-refractivity contribution in [2.75, 3.05) is 10.0 Å². The van der Waals surface area contributed by atoms with E-state index in [1.54, 1.807) is 17.4 Å². The minimum Gasteiger partial charge on any atom is -0.267 e. The molecule has 34 heavy (non-hydrogen) atoms. The van der Waals surface area contributed by atoms with Gasteiger partial charge in [0.2, 0.25) is 0 Å². The van der Waals surface area contributed by atoms with Gasteiger partial charge in [-0.3, -0.25) is 9.59 Å². The van der Waals surface area contributed by atoms with Crippen LogP contribution in [0.4, 0.5) is 11.4 Å². The van der Waals surface area contributed by atoms with E-state index in [9.17, 15) is 9.59 Å². The molecule has 0 aliphatic carbocycles. The number of nitrogens with zero attached hydrogens (tertiary/aromatic N) is 3. The number of amides is 2.